The second-order valence-corrected chi connectivity index (χ2v) is 8.11. The summed E-state index contributed by atoms with van der Waals surface area (Å²) in [6.07, 6.45) is 4.67. The summed E-state index contributed by atoms with van der Waals surface area (Å²) in [5.41, 5.74) is 3.61. The number of benzene rings is 1. The third-order valence-corrected chi connectivity index (χ3v) is 5.66. The Bertz CT molecular complexity index is 793. The highest BCUT2D eigenvalue weighted by atomic mass is 35.5. The average Bonchev–Trinajstić information content (AvgIpc) is 3.09. The molecule has 1 fully saturated rings. The SMILES string of the molecule is Cc1c(Cl)cccc1-n1ncc(C(=O)NCCC(C)C)c1C1CCNCC1. The van der Waals surface area contributed by atoms with Crippen molar-refractivity contribution in [3.05, 3.63) is 46.2 Å². The minimum atomic E-state index is -0.0323. The summed E-state index contributed by atoms with van der Waals surface area (Å²) in [6.45, 7) is 8.91. The topological polar surface area (TPSA) is 59.0 Å². The smallest absolute Gasteiger partial charge is 0.254 e. The molecule has 2 aromatic rings. The van der Waals surface area contributed by atoms with Gasteiger partial charge in [-0.2, -0.15) is 5.10 Å². The number of rotatable bonds is 6. The van der Waals surface area contributed by atoms with Crippen LogP contribution in [0.4, 0.5) is 0 Å². The summed E-state index contributed by atoms with van der Waals surface area (Å²) >= 11 is 6.34. The Morgan fingerprint density at radius 3 is 2.81 bits per heavy atom. The Labute approximate surface area is 166 Å². The van der Waals surface area contributed by atoms with Crippen molar-refractivity contribution in [2.24, 2.45) is 5.92 Å². The first kappa shape index (κ1) is 19.9. The number of carbonyl (C=O) groups is 1. The molecule has 1 saturated heterocycles. The van der Waals surface area contributed by atoms with Gasteiger partial charge in [-0.1, -0.05) is 31.5 Å². The third-order valence-electron chi connectivity index (χ3n) is 5.25. The number of hydrogen-bond acceptors (Lipinski definition) is 3. The molecule has 146 valence electrons. The summed E-state index contributed by atoms with van der Waals surface area (Å²) in [7, 11) is 0. The molecule has 2 heterocycles. The van der Waals surface area contributed by atoms with Crippen molar-refractivity contribution in [3.8, 4) is 5.69 Å². The molecular weight excluding hydrogens is 360 g/mol. The van der Waals surface area contributed by atoms with E-state index in [-0.39, 0.29) is 5.91 Å². The fourth-order valence-electron chi connectivity index (χ4n) is 3.61. The van der Waals surface area contributed by atoms with Crippen LogP contribution in [-0.2, 0) is 0 Å². The van der Waals surface area contributed by atoms with Crippen molar-refractivity contribution in [3.63, 3.8) is 0 Å². The van der Waals surface area contributed by atoms with E-state index in [1.54, 1.807) is 6.20 Å². The largest absolute Gasteiger partial charge is 0.352 e. The molecular formula is C21H29ClN4O. The summed E-state index contributed by atoms with van der Waals surface area (Å²) in [5.74, 6) is 0.833. The maximum atomic E-state index is 12.9. The van der Waals surface area contributed by atoms with Gasteiger partial charge in [0.05, 0.1) is 23.1 Å². The van der Waals surface area contributed by atoms with E-state index >= 15 is 0 Å². The van der Waals surface area contributed by atoms with E-state index in [9.17, 15) is 4.79 Å². The standard InChI is InChI=1S/C21H29ClN4O/c1-14(2)7-12-24-21(27)17-13-25-26(19-6-4-5-18(22)15(19)3)20(17)16-8-10-23-11-9-16/h4-6,13-14,16,23H,7-12H2,1-3H3,(H,24,27). The summed E-state index contributed by atoms with van der Waals surface area (Å²) in [6, 6.07) is 5.83. The van der Waals surface area contributed by atoms with E-state index in [2.05, 4.69) is 29.6 Å². The van der Waals surface area contributed by atoms with Gasteiger partial charge >= 0.3 is 0 Å². The highest BCUT2D eigenvalue weighted by Crippen LogP contribution is 2.32. The van der Waals surface area contributed by atoms with Gasteiger partial charge in [0.15, 0.2) is 0 Å². The van der Waals surface area contributed by atoms with Gasteiger partial charge in [-0.15, -0.1) is 0 Å². The van der Waals surface area contributed by atoms with Crippen molar-refractivity contribution in [1.82, 2.24) is 20.4 Å². The van der Waals surface area contributed by atoms with Crippen LogP contribution in [0.15, 0.2) is 24.4 Å². The van der Waals surface area contributed by atoms with Crippen molar-refractivity contribution >= 4 is 17.5 Å². The summed E-state index contributed by atoms with van der Waals surface area (Å²) < 4.78 is 1.93. The van der Waals surface area contributed by atoms with Crippen LogP contribution in [0.1, 0.15) is 60.6 Å². The zero-order chi connectivity index (χ0) is 19.4. The predicted octanol–water partition coefficient (Wildman–Crippen LogP) is 4.08. The number of halogens is 1. The average molecular weight is 389 g/mol. The highest BCUT2D eigenvalue weighted by Gasteiger charge is 2.27. The lowest BCUT2D eigenvalue weighted by molar-refractivity contribution is 0.0950. The van der Waals surface area contributed by atoms with Crippen LogP contribution in [0, 0.1) is 12.8 Å². The first-order chi connectivity index (χ1) is 13.0. The normalized spacial score (nSPS) is 15.3. The molecule has 0 bridgehead atoms. The van der Waals surface area contributed by atoms with Crippen LogP contribution in [0.25, 0.3) is 5.69 Å². The molecule has 27 heavy (non-hydrogen) atoms. The maximum Gasteiger partial charge on any atom is 0.254 e. The zero-order valence-corrected chi connectivity index (χ0v) is 17.1. The van der Waals surface area contributed by atoms with E-state index in [1.165, 1.54) is 0 Å². The number of aromatic nitrogens is 2. The molecule has 0 saturated carbocycles. The van der Waals surface area contributed by atoms with Gasteiger partial charge in [0.1, 0.15) is 0 Å². The van der Waals surface area contributed by atoms with Crippen molar-refractivity contribution < 1.29 is 4.79 Å². The highest BCUT2D eigenvalue weighted by molar-refractivity contribution is 6.31. The number of hydrogen-bond donors (Lipinski definition) is 2. The van der Waals surface area contributed by atoms with E-state index in [4.69, 9.17) is 11.6 Å². The Hall–Kier alpha value is -1.85. The summed E-state index contributed by atoms with van der Waals surface area (Å²) in [4.78, 5) is 12.9. The first-order valence-electron chi connectivity index (χ1n) is 9.81. The van der Waals surface area contributed by atoms with Gasteiger partial charge < -0.3 is 10.6 Å². The first-order valence-corrected chi connectivity index (χ1v) is 10.2. The molecule has 5 nitrogen and oxygen atoms in total. The molecule has 2 N–H and O–H groups in total. The quantitative estimate of drug-likeness (QED) is 0.783. The van der Waals surface area contributed by atoms with Crippen LogP contribution in [0.2, 0.25) is 5.02 Å². The lowest BCUT2D eigenvalue weighted by atomic mass is 9.91. The number of carbonyl (C=O) groups excluding carboxylic acids is 1. The predicted molar refractivity (Wildman–Crippen MR) is 110 cm³/mol. The van der Waals surface area contributed by atoms with E-state index in [1.807, 2.05) is 29.8 Å². The summed E-state index contributed by atoms with van der Waals surface area (Å²) in [5, 5.41) is 11.8. The van der Waals surface area contributed by atoms with Crippen LogP contribution >= 0.6 is 11.6 Å². The van der Waals surface area contributed by atoms with Crippen molar-refractivity contribution in [1.29, 1.82) is 0 Å². The van der Waals surface area contributed by atoms with Gasteiger partial charge in [-0.3, -0.25) is 4.79 Å². The Morgan fingerprint density at radius 2 is 2.11 bits per heavy atom. The molecule has 1 aromatic heterocycles. The number of nitrogens with one attached hydrogen (secondary N) is 2. The number of piperidine rings is 1. The zero-order valence-electron chi connectivity index (χ0n) is 16.4. The van der Waals surface area contributed by atoms with Crippen LogP contribution < -0.4 is 10.6 Å². The van der Waals surface area contributed by atoms with E-state index < -0.39 is 0 Å². The minimum Gasteiger partial charge on any atom is -0.352 e. The third kappa shape index (κ3) is 4.53. The monoisotopic (exact) mass is 388 g/mol. The molecule has 1 aliphatic heterocycles. The second kappa shape index (κ2) is 8.89. The lowest BCUT2D eigenvalue weighted by Gasteiger charge is -2.25. The Morgan fingerprint density at radius 1 is 1.37 bits per heavy atom. The van der Waals surface area contributed by atoms with Crippen molar-refractivity contribution in [2.45, 2.75) is 46.0 Å². The van der Waals surface area contributed by atoms with Crippen LogP contribution in [-0.4, -0.2) is 35.3 Å². The van der Waals surface area contributed by atoms with E-state index in [0.717, 1.165) is 49.3 Å². The molecule has 0 radical (unpaired) electrons. The Balaban J connectivity index is 1.97. The van der Waals surface area contributed by atoms with Gasteiger partial charge in [-0.25, -0.2) is 4.68 Å². The molecule has 0 aliphatic carbocycles. The molecule has 1 amide bonds. The molecule has 3 rings (SSSR count). The molecule has 0 atom stereocenters. The van der Waals surface area contributed by atoms with Crippen LogP contribution in [0.3, 0.4) is 0 Å². The minimum absolute atomic E-state index is 0.0323. The van der Waals surface area contributed by atoms with E-state index in [0.29, 0.717) is 29.0 Å². The van der Waals surface area contributed by atoms with Gasteiger partial charge in [-0.05, 0) is 62.9 Å². The molecule has 1 aromatic carbocycles. The molecule has 6 heteroatoms. The lowest BCUT2D eigenvalue weighted by Crippen LogP contribution is -2.30. The fraction of sp³-hybridized carbons (Fsp3) is 0.524. The number of amides is 1. The molecule has 1 aliphatic rings. The second-order valence-electron chi connectivity index (χ2n) is 7.70. The van der Waals surface area contributed by atoms with Gasteiger partial charge in [0.2, 0.25) is 0 Å². The van der Waals surface area contributed by atoms with Gasteiger partial charge in [0.25, 0.3) is 5.91 Å². The molecule has 0 unspecified atom stereocenters. The van der Waals surface area contributed by atoms with Crippen LogP contribution in [0.5, 0.6) is 0 Å². The maximum absolute atomic E-state index is 12.9. The number of nitrogens with zero attached hydrogens (tertiary/aromatic N) is 2. The fourth-order valence-corrected chi connectivity index (χ4v) is 3.78. The van der Waals surface area contributed by atoms with Crippen molar-refractivity contribution in [2.75, 3.05) is 19.6 Å². The molecule has 0 spiro atoms. The Kier molecular flexibility index (Phi) is 6.55. The van der Waals surface area contributed by atoms with Gasteiger partial charge in [0, 0.05) is 17.5 Å².